The number of hydrogen-bond acceptors (Lipinski definition) is 7. The lowest BCUT2D eigenvalue weighted by Gasteiger charge is -2.37. The van der Waals surface area contributed by atoms with Crippen molar-refractivity contribution in [3.8, 4) is 0 Å². The lowest BCUT2D eigenvalue weighted by Crippen LogP contribution is -2.54. The van der Waals surface area contributed by atoms with Gasteiger partial charge in [-0.1, -0.05) is 6.92 Å². The summed E-state index contributed by atoms with van der Waals surface area (Å²) in [6.07, 6.45) is 2.68. The summed E-state index contributed by atoms with van der Waals surface area (Å²) in [7, 11) is -5.03. The van der Waals surface area contributed by atoms with E-state index in [1.807, 2.05) is 6.92 Å². The standard InChI is InChI=1S/C15H28NO6PS/c1-4-20-23(18,21-5-2)22-14-11-8-7-9-12(11)16-13(10-17)15(14)24(19)6-3/h12-13,15-17H,4-10H2,1-3H3/t12-,13?,15?,24?/m0/s1. The molecule has 1 fully saturated rings. The highest BCUT2D eigenvalue weighted by molar-refractivity contribution is 7.85. The van der Waals surface area contributed by atoms with Crippen LogP contribution in [0.15, 0.2) is 11.3 Å². The lowest BCUT2D eigenvalue weighted by molar-refractivity contribution is 0.134. The first-order valence-electron chi connectivity index (χ1n) is 8.55. The molecule has 2 aliphatic rings. The first-order chi connectivity index (χ1) is 11.5. The lowest BCUT2D eigenvalue weighted by atomic mass is 9.98. The summed E-state index contributed by atoms with van der Waals surface area (Å²) >= 11 is 0. The Kier molecular flexibility index (Phi) is 7.46. The van der Waals surface area contributed by atoms with E-state index in [-0.39, 0.29) is 25.9 Å². The number of phosphoric acid groups is 1. The van der Waals surface area contributed by atoms with Gasteiger partial charge in [0.2, 0.25) is 0 Å². The summed E-state index contributed by atoms with van der Waals surface area (Å²) < 4.78 is 41.7. The van der Waals surface area contributed by atoms with E-state index in [0.717, 1.165) is 24.8 Å². The molecule has 0 bridgehead atoms. The molecule has 0 spiro atoms. The number of aliphatic hydroxyl groups excluding tert-OH is 1. The van der Waals surface area contributed by atoms with Gasteiger partial charge in [-0.25, -0.2) is 4.57 Å². The molecule has 2 N–H and O–H groups in total. The summed E-state index contributed by atoms with van der Waals surface area (Å²) in [6.45, 7) is 5.45. The summed E-state index contributed by atoms with van der Waals surface area (Å²) in [5, 5.41) is 12.5. The average Bonchev–Trinajstić information content (AvgIpc) is 3.02. The van der Waals surface area contributed by atoms with Crippen molar-refractivity contribution in [3.05, 3.63) is 11.3 Å². The monoisotopic (exact) mass is 381 g/mol. The van der Waals surface area contributed by atoms with Crippen LogP contribution < -0.4 is 5.32 Å². The third-order valence-electron chi connectivity index (χ3n) is 4.26. The van der Waals surface area contributed by atoms with E-state index in [1.54, 1.807) is 13.8 Å². The summed E-state index contributed by atoms with van der Waals surface area (Å²) in [5.41, 5.74) is 0.978. The summed E-state index contributed by atoms with van der Waals surface area (Å²) in [6, 6.07) is -0.344. The minimum atomic E-state index is -3.76. The fourth-order valence-electron chi connectivity index (χ4n) is 3.30. The van der Waals surface area contributed by atoms with Gasteiger partial charge in [-0.3, -0.25) is 13.3 Å². The van der Waals surface area contributed by atoms with Crippen LogP contribution >= 0.6 is 7.82 Å². The van der Waals surface area contributed by atoms with Crippen molar-refractivity contribution in [3.63, 3.8) is 0 Å². The van der Waals surface area contributed by atoms with Gasteiger partial charge in [0, 0.05) is 22.6 Å². The van der Waals surface area contributed by atoms with Crippen molar-refractivity contribution in [2.45, 2.75) is 57.4 Å². The molecule has 2 rings (SSSR count). The van der Waals surface area contributed by atoms with E-state index in [9.17, 15) is 13.9 Å². The molecular formula is C15H28NO6PS. The molecule has 1 saturated carbocycles. The molecule has 1 heterocycles. The molecule has 3 unspecified atom stereocenters. The molecule has 24 heavy (non-hydrogen) atoms. The normalized spacial score (nSPS) is 28.8. The Morgan fingerprint density at radius 2 is 1.96 bits per heavy atom. The van der Waals surface area contributed by atoms with Crippen LogP contribution in [0.4, 0.5) is 0 Å². The second-order valence-electron chi connectivity index (χ2n) is 5.75. The van der Waals surface area contributed by atoms with Gasteiger partial charge in [0.05, 0.1) is 25.9 Å². The number of hydrogen-bond donors (Lipinski definition) is 2. The molecule has 0 aromatic rings. The zero-order valence-corrected chi connectivity index (χ0v) is 16.2. The maximum Gasteiger partial charge on any atom is 0.529 e. The molecule has 9 heteroatoms. The Morgan fingerprint density at radius 1 is 1.29 bits per heavy atom. The Morgan fingerprint density at radius 3 is 2.50 bits per heavy atom. The van der Waals surface area contributed by atoms with Crippen LogP contribution in [0, 0.1) is 0 Å². The molecule has 1 aliphatic carbocycles. The third kappa shape index (κ3) is 4.29. The Labute approximate surface area is 146 Å². The topological polar surface area (TPSA) is 94.1 Å². The van der Waals surface area contributed by atoms with Crippen LogP contribution in [0.1, 0.15) is 40.0 Å². The van der Waals surface area contributed by atoms with E-state index < -0.39 is 29.9 Å². The minimum Gasteiger partial charge on any atom is -0.407 e. The van der Waals surface area contributed by atoms with E-state index >= 15 is 0 Å². The van der Waals surface area contributed by atoms with Crippen LogP contribution in [0.3, 0.4) is 0 Å². The van der Waals surface area contributed by atoms with Gasteiger partial charge in [0.1, 0.15) is 11.0 Å². The maximum atomic E-state index is 12.8. The maximum absolute atomic E-state index is 12.8. The van der Waals surface area contributed by atoms with E-state index in [2.05, 4.69) is 5.32 Å². The number of phosphoric ester groups is 1. The zero-order chi connectivity index (χ0) is 17.7. The quantitative estimate of drug-likeness (QED) is 0.591. The van der Waals surface area contributed by atoms with Gasteiger partial charge in [0.25, 0.3) is 0 Å². The Bertz CT molecular complexity index is 530. The third-order valence-corrected chi connectivity index (χ3v) is 7.51. The number of rotatable bonds is 9. The van der Waals surface area contributed by atoms with Crippen molar-refractivity contribution in [1.29, 1.82) is 0 Å². The van der Waals surface area contributed by atoms with Crippen molar-refractivity contribution >= 4 is 18.6 Å². The highest BCUT2D eigenvalue weighted by atomic mass is 32.2. The Hall–Kier alpha value is -0.240. The van der Waals surface area contributed by atoms with Crippen molar-refractivity contribution in [2.24, 2.45) is 0 Å². The van der Waals surface area contributed by atoms with E-state index in [4.69, 9.17) is 13.6 Å². The predicted octanol–water partition coefficient (Wildman–Crippen LogP) is 2.09. The Balaban J connectivity index is 2.42. The van der Waals surface area contributed by atoms with Crippen LogP contribution in [0.25, 0.3) is 0 Å². The molecule has 1 aliphatic heterocycles. The van der Waals surface area contributed by atoms with Gasteiger partial charge in [-0.2, -0.15) is 0 Å². The number of aliphatic hydroxyl groups is 1. The van der Waals surface area contributed by atoms with Crippen LogP contribution in [-0.2, 0) is 28.9 Å². The van der Waals surface area contributed by atoms with Gasteiger partial charge in [-0.15, -0.1) is 0 Å². The number of nitrogens with one attached hydrogen (secondary N) is 1. The molecule has 0 radical (unpaired) electrons. The highest BCUT2D eigenvalue weighted by Gasteiger charge is 2.45. The molecule has 0 aromatic carbocycles. The molecule has 0 aromatic heterocycles. The fraction of sp³-hybridized carbons (Fsp3) is 0.867. The molecule has 7 nitrogen and oxygen atoms in total. The number of fused-ring (bicyclic) bond motifs is 1. The highest BCUT2D eigenvalue weighted by Crippen LogP contribution is 2.54. The van der Waals surface area contributed by atoms with E-state index in [0.29, 0.717) is 11.5 Å². The SMILES string of the molecule is CCOP(=O)(OCC)OC1=C2CCC[C@@H]2NC(CO)C1S(=O)CC. The molecular weight excluding hydrogens is 353 g/mol. The van der Waals surface area contributed by atoms with Gasteiger partial charge >= 0.3 is 7.82 Å². The second kappa shape index (κ2) is 8.92. The van der Waals surface area contributed by atoms with Crippen molar-refractivity contribution in [1.82, 2.24) is 5.32 Å². The first kappa shape index (κ1) is 20.1. The van der Waals surface area contributed by atoms with Crippen molar-refractivity contribution < 1.29 is 27.5 Å². The zero-order valence-electron chi connectivity index (χ0n) is 14.5. The second-order valence-corrected chi connectivity index (χ2v) is 9.19. The minimum absolute atomic E-state index is 0.0546. The summed E-state index contributed by atoms with van der Waals surface area (Å²) in [4.78, 5) is 0. The molecule has 140 valence electrons. The molecule has 4 atom stereocenters. The molecule has 0 saturated heterocycles. The van der Waals surface area contributed by atoms with E-state index in [1.165, 1.54) is 0 Å². The van der Waals surface area contributed by atoms with Gasteiger partial charge < -0.3 is 14.9 Å². The summed E-state index contributed by atoms with van der Waals surface area (Å²) in [5.74, 6) is 0.849. The average molecular weight is 381 g/mol. The smallest absolute Gasteiger partial charge is 0.407 e. The van der Waals surface area contributed by atoms with Crippen LogP contribution in [0.2, 0.25) is 0 Å². The van der Waals surface area contributed by atoms with Crippen molar-refractivity contribution in [2.75, 3.05) is 25.6 Å². The first-order valence-corrected chi connectivity index (χ1v) is 11.4. The van der Waals surface area contributed by atoms with Crippen LogP contribution in [-0.4, -0.2) is 52.2 Å². The largest absolute Gasteiger partial charge is 0.529 e. The van der Waals surface area contributed by atoms with Crippen LogP contribution in [0.5, 0.6) is 0 Å². The molecule has 0 amide bonds. The predicted molar refractivity (Wildman–Crippen MR) is 93.1 cm³/mol. The fourth-order valence-corrected chi connectivity index (χ4v) is 5.99. The van der Waals surface area contributed by atoms with Gasteiger partial charge in [0.15, 0.2) is 0 Å². The van der Waals surface area contributed by atoms with Gasteiger partial charge in [-0.05, 0) is 38.7 Å².